The zero-order valence-corrected chi connectivity index (χ0v) is 31.5. The third-order valence-electron chi connectivity index (χ3n) is 9.77. The number of pyridine rings is 1. The fourth-order valence-electron chi connectivity index (χ4n) is 7.18. The fourth-order valence-corrected chi connectivity index (χ4v) is 8.09. The number of halogens is 1. The van der Waals surface area contributed by atoms with E-state index in [2.05, 4.69) is 41.7 Å². The van der Waals surface area contributed by atoms with Crippen molar-refractivity contribution in [1.82, 2.24) is 15.0 Å². The first kappa shape index (κ1) is 37.5. The molecule has 4 heterocycles. The topological polar surface area (TPSA) is 134 Å². The molecule has 1 aromatic rings. The number of fused-ring (bicyclic) bond motifs is 2. The molecule has 268 valence electrons. The lowest BCUT2D eigenvalue weighted by Gasteiger charge is -2.38. The maximum Gasteiger partial charge on any atom is 0.295 e. The number of nitrogens with zero attached hydrogens (tertiary/aromatic N) is 5. The second-order valence-electron chi connectivity index (χ2n) is 14.7. The smallest absolute Gasteiger partial charge is 0.295 e. The molecule has 5 rings (SSSR count). The SMILES string of the molecule is C/C=c1/c2c(N3CCCC(C)(O)C3)nc(OCC(C)(CCCC)CCCCC)[nH]c-2c/c(=c2\ncc(F)c3c2=C(C#N)C(=N)S3)c1=NC(C)C. The molecule has 0 spiro atoms. The van der Waals surface area contributed by atoms with Crippen LogP contribution in [0.15, 0.2) is 22.2 Å². The Balaban J connectivity index is 1.86. The lowest BCUT2D eigenvalue weighted by molar-refractivity contribution is 0.0446. The molecule has 4 aliphatic rings. The molecule has 3 aliphatic heterocycles. The van der Waals surface area contributed by atoms with Gasteiger partial charge >= 0.3 is 0 Å². The molecule has 9 nitrogen and oxygen atoms in total. The Bertz CT molecular complexity index is 2050. The summed E-state index contributed by atoms with van der Waals surface area (Å²) in [6.45, 7) is 16.2. The molecule has 1 saturated heterocycles. The quantitative estimate of drug-likeness (QED) is 0.179. The highest BCUT2D eigenvalue weighted by molar-refractivity contribution is 8.15. The van der Waals surface area contributed by atoms with Gasteiger partial charge in [0.25, 0.3) is 6.01 Å². The molecule has 0 amide bonds. The van der Waals surface area contributed by atoms with E-state index in [4.69, 9.17) is 20.1 Å². The van der Waals surface area contributed by atoms with Crippen molar-refractivity contribution in [1.29, 1.82) is 10.7 Å². The van der Waals surface area contributed by atoms with Gasteiger partial charge in [-0.15, -0.1) is 0 Å². The molecule has 50 heavy (non-hydrogen) atoms. The van der Waals surface area contributed by atoms with E-state index in [1.54, 1.807) is 0 Å². The highest BCUT2D eigenvalue weighted by atomic mass is 32.2. The summed E-state index contributed by atoms with van der Waals surface area (Å²) in [5.74, 6) is 0.138. The molecular formula is C39H52FN7O2S. The van der Waals surface area contributed by atoms with E-state index < -0.39 is 11.4 Å². The van der Waals surface area contributed by atoms with Crippen LogP contribution in [0.5, 0.6) is 6.01 Å². The minimum atomic E-state index is -0.879. The van der Waals surface area contributed by atoms with Gasteiger partial charge in [-0.05, 0) is 59.4 Å². The normalized spacial score (nSPS) is 20.5. The molecule has 2 unspecified atom stereocenters. The number of anilines is 1. The Morgan fingerprint density at radius 2 is 2.02 bits per heavy atom. The number of hydrogen-bond acceptors (Lipinski definition) is 9. The number of aromatic nitrogens is 3. The van der Waals surface area contributed by atoms with Gasteiger partial charge in [0.2, 0.25) is 0 Å². The van der Waals surface area contributed by atoms with E-state index in [1.165, 1.54) is 6.42 Å². The van der Waals surface area contributed by atoms with Crippen molar-refractivity contribution in [3.05, 3.63) is 44.4 Å². The highest BCUT2D eigenvalue weighted by Gasteiger charge is 2.33. The first-order valence-electron chi connectivity index (χ1n) is 18.1. The van der Waals surface area contributed by atoms with Crippen LogP contribution in [0.25, 0.3) is 22.9 Å². The minimum absolute atomic E-state index is 0.00277. The maximum absolute atomic E-state index is 15.1. The summed E-state index contributed by atoms with van der Waals surface area (Å²) >= 11 is 0.939. The van der Waals surface area contributed by atoms with Crippen LogP contribution >= 0.6 is 11.8 Å². The van der Waals surface area contributed by atoms with Gasteiger partial charge in [0, 0.05) is 40.2 Å². The van der Waals surface area contributed by atoms with Crippen LogP contribution in [0.3, 0.4) is 0 Å². The second-order valence-corrected chi connectivity index (χ2v) is 15.8. The van der Waals surface area contributed by atoms with E-state index in [0.717, 1.165) is 85.9 Å². The number of unbranched alkanes of at least 4 members (excludes halogenated alkanes) is 3. The first-order chi connectivity index (χ1) is 23.8. The molecule has 0 bridgehead atoms. The Labute approximate surface area is 299 Å². The van der Waals surface area contributed by atoms with Gasteiger partial charge in [0.15, 0.2) is 5.82 Å². The average molecular weight is 702 g/mol. The lowest BCUT2D eigenvalue weighted by atomic mass is 9.81. The first-order valence-corrected chi connectivity index (χ1v) is 18.9. The number of nitrogens with one attached hydrogen (secondary N) is 2. The molecule has 0 radical (unpaired) electrons. The number of rotatable bonds is 12. The Hall–Kier alpha value is -3.75. The third-order valence-corrected chi connectivity index (χ3v) is 10.8. The number of hydrogen-bond donors (Lipinski definition) is 3. The van der Waals surface area contributed by atoms with Gasteiger partial charge < -0.3 is 19.7 Å². The van der Waals surface area contributed by atoms with Crippen LogP contribution in [-0.4, -0.2) is 56.4 Å². The Kier molecular flexibility index (Phi) is 11.7. The number of benzene rings is 1. The highest BCUT2D eigenvalue weighted by Crippen LogP contribution is 2.35. The van der Waals surface area contributed by atoms with Gasteiger partial charge in [0.05, 0.1) is 50.8 Å². The summed E-state index contributed by atoms with van der Waals surface area (Å²) in [6, 6.07) is 4.36. The van der Waals surface area contributed by atoms with Gasteiger partial charge in [-0.1, -0.05) is 70.7 Å². The number of nitriles is 1. The van der Waals surface area contributed by atoms with Crippen LogP contribution < -0.4 is 25.4 Å². The van der Waals surface area contributed by atoms with Crippen molar-refractivity contribution in [2.75, 3.05) is 24.6 Å². The van der Waals surface area contributed by atoms with E-state index in [-0.39, 0.29) is 27.0 Å². The molecule has 0 saturated carbocycles. The zero-order valence-electron chi connectivity index (χ0n) is 30.7. The van der Waals surface area contributed by atoms with Crippen LogP contribution in [0, 0.1) is 38.5 Å². The van der Waals surface area contributed by atoms with Crippen LogP contribution in [0.1, 0.15) is 106 Å². The Morgan fingerprint density at radius 3 is 2.68 bits per heavy atom. The summed E-state index contributed by atoms with van der Waals surface area (Å²) in [6.07, 6.45) is 12.6. The summed E-state index contributed by atoms with van der Waals surface area (Å²) in [4.78, 5) is 20.6. The van der Waals surface area contributed by atoms with Crippen molar-refractivity contribution in [2.45, 2.75) is 123 Å². The summed E-state index contributed by atoms with van der Waals surface area (Å²) in [5, 5.41) is 32.5. The number of ether oxygens (including phenoxy) is 1. The maximum atomic E-state index is 15.1. The monoisotopic (exact) mass is 701 g/mol. The van der Waals surface area contributed by atoms with E-state index in [0.29, 0.717) is 52.5 Å². The van der Waals surface area contributed by atoms with Crippen LogP contribution in [0.4, 0.5) is 10.2 Å². The molecule has 2 atom stereocenters. The van der Waals surface area contributed by atoms with Gasteiger partial charge in [0.1, 0.15) is 16.9 Å². The van der Waals surface area contributed by atoms with E-state index in [9.17, 15) is 10.4 Å². The standard InChI is InChI=1S/C39H52FN7O2S/c1-8-11-13-16-38(6,15-12-9-2)23-49-37-45-29-19-26(33-31-27(20-41)35(42)50-34(31)28(40)21-43-33)32(44-24(4)5)25(10-3)30(29)36(46-37)47-18-14-17-39(7,48)22-47/h10,19,21,24,42,48H,8-9,11-18,22-23H2,1-7H3,(H,45,46)/b25-10-,33-26+,42-35?,44-32?. The molecule has 0 aromatic carbocycles. The molecule has 1 aromatic heterocycles. The second kappa shape index (κ2) is 15.6. The largest absolute Gasteiger partial charge is 0.464 e. The van der Waals surface area contributed by atoms with Crippen LogP contribution in [0.2, 0.25) is 0 Å². The van der Waals surface area contributed by atoms with Gasteiger partial charge in [-0.3, -0.25) is 15.4 Å². The van der Waals surface area contributed by atoms with Crippen molar-refractivity contribution in [2.24, 2.45) is 10.4 Å². The lowest BCUT2D eigenvalue weighted by Crippen LogP contribution is -2.47. The van der Waals surface area contributed by atoms with Crippen LogP contribution in [-0.2, 0) is 0 Å². The number of β-amino-alcohol motifs (C(OH)–C–C–N with tert-alkyl or cyclic N) is 1. The predicted octanol–water partition coefficient (Wildman–Crippen LogP) is 6.71. The molecule has 1 aliphatic carbocycles. The van der Waals surface area contributed by atoms with Gasteiger partial charge in [-0.2, -0.15) is 10.2 Å². The zero-order chi connectivity index (χ0) is 36.2. The summed E-state index contributed by atoms with van der Waals surface area (Å²) in [5.41, 5.74) is 0.765. The van der Waals surface area contributed by atoms with Crippen molar-refractivity contribution < 1.29 is 14.2 Å². The van der Waals surface area contributed by atoms with Crippen molar-refractivity contribution >= 4 is 34.3 Å². The number of aliphatic hydroxyl groups is 1. The van der Waals surface area contributed by atoms with E-state index in [1.807, 2.05) is 39.8 Å². The van der Waals surface area contributed by atoms with E-state index >= 15 is 4.39 Å². The van der Waals surface area contributed by atoms with Crippen molar-refractivity contribution in [3.63, 3.8) is 0 Å². The predicted molar refractivity (Wildman–Crippen MR) is 199 cm³/mol. The Morgan fingerprint density at radius 1 is 1.28 bits per heavy atom. The molecular weight excluding hydrogens is 650 g/mol. The average Bonchev–Trinajstić information content (AvgIpc) is 3.42. The third kappa shape index (κ3) is 7.92. The number of aromatic amines is 1. The number of thioether (sulfide) groups is 1. The summed E-state index contributed by atoms with van der Waals surface area (Å²) < 4.78 is 21.7. The molecule has 3 N–H and O–H groups in total. The summed E-state index contributed by atoms with van der Waals surface area (Å²) in [7, 11) is 0. The van der Waals surface area contributed by atoms with Gasteiger partial charge in [-0.25, -0.2) is 4.39 Å². The number of H-pyrrole nitrogens is 1. The van der Waals surface area contributed by atoms with Crippen molar-refractivity contribution in [3.8, 4) is 23.3 Å². The molecule has 1 fully saturated rings. The number of piperidine rings is 1. The minimum Gasteiger partial charge on any atom is -0.464 e. The molecule has 11 heteroatoms. The fraction of sp³-hybridized carbons (Fsp3) is 0.564.